The normalized spacial score (nSPS) is 12.2. The first-order valence-electron chi connectivity index (χ1n) is 12.1. The molecule has 0 bridgehead atoms. The molecule has 36 heavy (non-hydrogen) atoms. The van der Waals surface area contributed by atoms with Crippen molar-refractivity contribution in [2.75, 3.05) is 19.8 Å². The number of nitrogens with zero attached hydrogens (tertiary/aromatic N) is 3. The van der Waals surface area contributed by atoms with Gasteiger partial charge in [-0.1, -0.05) is 35.5 Å². The number of hydrogen-bond donors (Lipinski definition) is 0. The third-order valence-electron chi connectivity index (χ3n) is 5.03. The number of para-hydroxylation sites is 1. The molecule has 0 radical (unpaired) electrons. The second-order valence-electron chi connectivity index (χ2n) is 8.54. The van der Waals surface area contributed by atoms with Gasteiger partial charge < -0.3 is 23.0 Å². The summed E-state index contributed by atoms with van der Waals surface area (Å²) in [5, 5.41) is 13.0. The average molecular weight is 512 g/mol. The van der Waals surface area contributed by atoms with Crippen LogP contribution in [0.1, 0.15) is 39.9 Å². The Hall–Kier alpha value is -2.95. The second kappa shape index (κ2) is 14.6. The van der Waals surface area contributed by atoms with Crippen molar-refractivity contribution >= 4 is 8.53 Å². The van der Waals surface area contributed by atoms with Gasteiger partial charge in [-0.3, -0.25) is 0 Å². The van der Waals surface area contributed by atoms with Gasteiger partial charge in [-0.25, -0.2) is 4.67 Å². The molecule has 0 saturated heterocycles. The predicted molar refractivity (Wildman–Crippen MR) is 139 cm³/mol. The van der Waals surface area contributed by atoms with E-state index in [-0.39, 0.29) is 12.1 Å². The van der Waals surface area contributed by atoms with Gasteiger partial charge in [0.2, 0.25) is 0 Å². The number of aromatic nitrogens is 1. The lowest BCUT2D eigenvalue weighted by Crippen LogP contribution is -2.34. The van der Waals surface area contributed by atoms with Crippen LogP contribution < -0.4 is 9.47 Å². The first kappa shape index (κ1) is 27.6. The molecule has 3 rings (SSSR count). The van der Waals surface area contributed by atoms with Crippen molar-refractivity contribution < 1.29 is 23.0 Å². The van der Waals surface area contributed by atoms with Crippen LogP contribution in [0, 0.1) is 11.3 Å². The van der Waals surface area contributed by atoms with Crippen LogP contribution in [0.5, 0.6) is 11.5 Å². The van der Waals surface area contributed by atoms with E-state index in [4.69, 9.17) is 28.3 Å². The summed E-state index contributed by atoms with van der Waals surface area (Å²) in [5.41, 5.74) is 1.60. The summed E-state index contributed by atoms with van der Waals surface area (Å²) in [5.74, 6) is 2.12. The summed E-state index contributed by atoms with van der Waals surface area (Å²) < 4.78 is 31.3. The van der Waals surface area contributed by atoms with Crippen molar-refractivity contribution in [3.8, 4) is 28.8 Å². The lowest BCUT2D eigenvalue weighted by atomic mass is 10.1. The first-order chi connectivity index (χ1) is 17.5. The molecule has 8 nitrogen and oxygen atoms in total. The third kappa shape index (κ3) is 8.61. The summed E-state index contributed by atoms with van der Waals surface area (Å²) in [6, 6.07) is 21.7. The van der Waals surface area contributed by atoms with Gasteiger partial charge in [-0.15, -0.1) is 0 Å². The highest BCUT2D eigenvalue weighted by molar-refractivity contribution is 7.44. The Morgan fingerprint density at radius 2 is 1.61 bits per heavy atom. The van der Waals surface area contributed by atoms with Crippen molar-refractivity contribution in [1.29, 1.82) is 5.26 Å². The lowest BCUT2D eigenvalue weighted by molar-refractivity contribution is 0.154. The Bertz CT molecular complexity index is 1080. The van der Waals surface area contributed by atoms with Crippen molar-refractivity contribution in [2.45, 2.75) is 52.8 Å². The Balaban J connectivity index is 1.52. The van der Waals surface area contributed by atoms with E-state index in [1.165, 1.54) is 0 Å². The fraction of sp³-hybridized carbons (Fsp3) is 0.407. The molecule has 0 saturated carbocycles. The van der Waals surface area contributed by atoms with Gasteiger partial charge in [0.1, 0.15) is 30.4 Å². The molecule has 0 aliphatic carbocycles. The molecule has 9 heteroatoms. The van der Waals surface area contributed by atoms with Crippen LogP contribution in [0.3, 0.4) is 0 Å². The first-order valence-corrected chi connectivity index (χ1v) is 13.2. The second-order valence-corrected chi connectivity index (χ2v) is 9.99. The van der Waals surface area contributed by atoms with E-state index in [1.54, 1.807) is 0 Å². The van der Waals surface area contributed by atoms with E-state index in [0.717, 1.165) is 11.3 Å². The zero-order chi connectivity index (χ0) is 25.8. The topological polar surface area (TPSA) is 90.0 Å². The van der Waals surface area contributed by atoms with Gasteiger partial charge in [-0.2, -0.15) is 5.26 Å². The molecular weight excluding hydrogens is 477 g/mol. The molecule has 1 aromatic heterocycles. The monoisotopic (exact) mass is 511 g/mol. The van der Waals surface area contributed by atoms with Gasteiger partial charge in [0, 0.05) is 23.7 Å². The molecule has 1 heterocycles. The number of hydrogen-bond acceptors (Lipinski definition) is 8. The minimum atomic E-state index is -1.29. The van der Waals surface area contributed by atoms with Crippen molar-refractivity contribution in [3.63, 3.8) is 0 Å². The van der Waals surface area contributed by atoms with Crippen LogP contribution in [0.15, 0.2) is 65.2 Å². The standard InChI is InChI=1S/C27H34N3O5P/c1-21(2)30(22(3)4)36(33-15-9-14-28)34-17-16-31-25-13-8-10-23(18-25)27-19-26(35-29-27)20-32-24-11-6-5-7-12-24/h5-8,10-13,18-19,21-22H,9,15-17,20H2,1-4H3. The molecule has 0 amide bonds. The molecule has 3 aromatic rings. The van der Waals surface area contributed by atoms with Crippen LogP contribution in [0.4, 0.5) is 0 Å². The Kier molecular flexibility index (Phi) is 11.2. The third-order valence-corrected chi connectivity index (χ3v) is 7.14. The largest absolute Gasteiger partial charge is 0.491 e. The van der Waals surface area contributed by atoms with E-state index in [0.29, 0.717) is 50.1 Å². The molecule has 0 spiro atoms. The maximum atomic E-state index is 8.84. The summed E-state index contributed by atoms with van der Waals surface area (Å²) >= 11 is 0. The molecule has 1 atom stereocenters. The van der Waals surface area contributed by atoms with Crippen LogP contribution >= 0.6 is 8.53 Å². The fourth-order valence-corrected chi connectivity index (χ4v) is 5.10. The molecule has 0 aliphatic heterocycles. The van der Waals surface area contributed by atoms with Crippen LogP contribution in [-0.2, 0) is 15.7 Å². The maximum absolute atomic E-state index is 8.84. The molecule has 0 N–H and O–H groups in total. The van der Waals surface area contributed by atoms with Crippen LogP contribution in [0.2, 0.25) is 0 Å². The minimum Gasteiger partial charge on any atom is -0.491 e. The summed E-state index contributed by atoms with van der Waals surface area (Å²) in [4.78, 5) is 0. The van der Waals surface area contributed by atoms with Crippen molar-refractivity contribution in [2.24, 2.45) is 0 Å². The molecular formula is C27H34N3O5P. The number of rotatable bonds is 15. The van der Waals surface area contributed by atoms with Crippen molar-refractivity contribution in [1.82, 2.24) is 9.83 Å². The zero-order valence-electron chi connectivity index (χ0n) is 21.3. The summed E-state index contributed by atoms with van der Waals surface area (Å²) in [6.45, 7) is 9.81. The Morgan fingerprint density at radius 1 is 0.889 bits per heavy atom. The Labute approximate surface area is 214 Å². The van der Waals surface area contributed by atoms with Gasteiger partial charge in [0.25, 0.3) is 8.53 Å². The minimum absolute atomic E-state index is 0.251. The number of nitriles is 1. The van der Waals surface area contributed by atoms with E-state index in [1.807, 2.05) is 60.7 Å². The fourth-order valence-electron chi connectivity index (χ4n) is 3.52. The van der Waals surface area contributed by atoms with Gasteiger partial charge >= 0.3 is 0 Å². The quantitative estimate of drug-likeness (QED) is 0.167. The smallest absolute Gasteiger partial charge is 0.259 e. The highest BCUT2D eigenvalue weighted by Gasteiger charge is 2.27. The van der Waals surface area contributed by atoms with E-state index in [2.05, 4.69) is 43.6 Å². The van der Waals surface area contributed by atoms with Gasteiger partial charge in [0.05, 0.1) is 25.7 Å². The highest BCUT2D eigenvalue weighted by Crippen LogP contribution is 2.45. The number of ether oxygens (including phenoxy) is 2. The van der Waals surface area contributed by atoms with Crippen LogP contribution in [-0.4, -0.2) is 41.7 Å². The molecule has 1 unspecified atom stereocenters. The van der Waals surface area contributed by atoms with E-state index >= 15 is 0 Å². The predicted octanol–water partition coefficient (Wildman–Crippen LogP) is 6.59. The number of benzene rings is 2. The maximum Gasteiger partial charge on any atom is 0.259 e. The van der Waals surface area contributed by atoms with Crippen molar-refractivity contribution in [3.05, 3.63) is 66.4 Å². The van der Waals surface area contributed by atoms with Crippen LogP contribution in [0.25, 0.3) is 11.3 Å². The molecule has 192 valence electrons. The SMILES string of the molecule is CC(C)N(C(C)C)P(OCCC#N)OCCOc1cccc(-c2cc(COc3ccccc3)on2)c1. The summed E-state index contributed by atoms with van der Waals surface area (Å²) in [7, 11) is -1.29. The van der Waals surface area contributed by atoms with E-state index in [9.17, 15) is 0 Å². The zero-order valence-corrected chi connectivity index (χ0v) is 22.2. The van der Waals surface area contributed by atoms with Gasteiger partial charge in [0.15, 0.2) is 5.76 Å². The Morgan fingerprint density at radius 3 is 2.33 bits per heavy atom. The molecule has 0 aliphatic rings. The highest BCUT2D eigenvalue weighted by atomic mass is 31.2. The lowest BCUT2D eigenvalue weighted by Gasteiger charge is -2.35. The molecule has 2 aromatic carbocycles. The molecule has 0 fully saturated rings. The average Bonchev–Trinajstić information content (AvgIpc) is 3.35. The summed E-state index contributed by atoms with van der Waals surface area (Å²) in [6.07, 6.45) is 0.331. The van der Waals surface area contributed by atoms with E-state index < -0.39 is 8.53 Å². The van der Waals surface area contributed by atoms with Gasteiger partial charge in [-0.05, 0) is 52.0 Å².